The van der Waals surface area contributed by atoms with E-state index in [9.17, 15) is 10.1 Å². The second kappa shape index (κ2) is 7.42. The first-order valence-electron chi connectivity index (χ1n) is 6.87. The zero-order chi connectivity index (χ0) is 15.9. The number of ether oxygens (including phenoxy) is 2. The molecule has 0 spiro atoms. The maximum atomic E-state index is 11.3. The highest BCUT2D eigenvalue weighted by atomic mass is 16.6. The van der Waals surface area contributed by atoms with Crippen molar-refractivity contribution in [2.75, 3.05) is 13.7 Å². The zero-order valence-electron chi connectivity index (χ0n) is 12.3. The van der Waals surface area contributed by atoms with Crippen molar-refractivity contribution >= 4 is 5.69 Å². The van der Waals surface area contributed by atoms with Crippen LogP contribution >= 0.6 is 0 Å². The van der Waals surface area contributed by atoms with Gasteiger partial charge in [0.1, 0.15) is 6.61 Å². The van der Waals surface area contributed by atoms with E-state index >= 15 is 0 Å². The second-order valence-electron chi connectivity index (χ2n) is 4.72. The fourth-order valence-electron chi connectivity index (χ4n) is 2.12. The van der Waals surface area contributed by atoms with Gasteiger partial charge in [0, 0.05) is 6.07 Å². The average molecular weight is 302 g/mol. The van der Waals surface area contributed by atoms with Gasteiger partial charge < -0.3 is 15.2 Å². The Morgan fingerprint density at radius 3 is 2.50 bits per heavy atom. The molecule has 0 saturated carbocycles. The molecule has 0 aromatic heterocycles. The smallest absolute Gasteiger partial charge is 0.315 e. The Morgan fingerprint density at radius 2 is 1.91 bits per heavy atom. The van der Waals surface area contributed by atoms with Gasteiger partial charge in [-0.05, 0) is 30.2 Å². The first-order chi connectivity index (χ1) is 10.7. The van der Waals surface area contributed by atoms with Gasteiger partial charge in [-0.15, -0.1) is 0 Å². The van der Waals surface area contributed by atoms with Crippen LogP contribution in [-0.4, -0.2) is 18.6 Å². The van der Waals surface area contributed by atoms with Crippen LogP contribution in [0.3, 0.4) is 0 Å². The quantitative estimate of drug-likeness (QED) is 0.627. The fraction of sp³-hybridized carbons (Fsp3) is 0.250. The average Bonchev–Trinajstić information content (AvgIpc) is 2.54. The van der Waals surface area contributed by atoms with Gasteiger partial charge in [0.15, 0.2) is 5.75 Å². The van der Waals surface area contributed by atoms with Crippen molar-refractivity contribution in [3.05, 3.63) is 63.7 Å². The summed E-state index contributed by atoms with van der Waals surface area (Å²) >= 11 is 0. The van der Waals surface area contributed by atoms with Gasteiger partial charge in [-0.1, -0.05) is 30.3 Å². The molecule has 0 aliphatic rings. The van der Waals surface area contributed by atoms with Crippen LogP contribution < -0.4 is 15.2 Å². The molecule has 2 aromatic rings. The van der Waals surface area contributed by atoms with Crippen molar-refractivity contribution in [2.45, 2.75) is 13.0 Å². The lowest BCUT2D eigenvalue weighted by atomic mass is 10.1. The molecule has 0 amide bonds. The van der Waals surface area contributed by atoms with Crippen molar-refractivity contribution in [3.63, 3.8) is 0 Å². The Balaban J connectivity index is 2.33. The summed E-state index contributed by atoms with van der Waals surface area (Å²) in [6, 6.07) is 12.6. The summed E-state index contributed by atoms with van der Waals surface area (Å²) in [5, 5.41) is 11.3. The number of nitro groups is 1. The van der Waals surface area contributed by atoms with Crippen LogP contribution in [-0.2, 0) is 13.0 Å². The molecule has 116 valence electrons. The highest BCUT2D eigenvalue weighted by Gasteiger charge is 2.22. The van der Waals surface area contributed by atoms with Crippen LogP contribution in [0.5, 0.6) is 11.5 Å². The number of benzene rings is 2. The summed E-state index contributed by atoms with van der Waals surface area (Å²) in [6.07, 6.45) is 0.538. The summed E-state index contributed by atoms with van der Waals surface area (Å²) < 4.78 is 10.9. The molecule has 0 heterocycles. The summed E-state index contributed by atoms with van der Waals surface area (Å²) in [7, 11) is 1.46. The van der Waals surface area contributed by atoms with E-state index in [4.69, 9.17) is 15.2 Å². The fourth-order valence-corrected chi connectivity index (χ4v) is 2.12. The van der Waals surface area contributed by atoms with E-state index in [-0.39, 0.29) is 18.0 Å². The molecule has 0 saturated heterocycles. The molecular weight excluding hydrogens is 284 g/mol. The molecule has 2 N–H and O–H groups in total. The van der Waals surface area contributed by atoms with E-state index in [0.717, 1.165) is 11.1 Å². The summed E-state index contributed by atoms with van der Waals surface area (Å²) in [5.41, 5.74) is 7.07. The van der Waals surface area contributed by atoms with E-state index < -0.39 is 4.92 Å². The molecule has 0 aliphatic carbocycles. The van der Waals surface area contributed by atoms with Crippen LogP contribution in [0.2, 0.25) is 0 Å². The minimum Gasteiger partial charge on any atom is -0.493 e. The van der Waals surface area contributed by atoms with E-state index in [1.165, 1.54) is 13.2 Å². The first-order valence-corrected chi connectivity index (χ1v) is 6.87. The SMILES string of the molecule is COc1cc(CCN)cc([N+](=O)[O-])c1OCc1ccccc1. The zero-order valence-corrected chi connectivity index (χ0v) is 12.3. The Kier molecular flexibility index (Phi) is 5.32. The molecule has 2 aromatic carbocycles. The van der Waals surface area contributed by atoms with E-state index in [2.05, 4.69) is 0 Å². The van der Waals surface area contributed by atoms with Crippen molar-refractivity contribution in [1.82, 2.24) is 0 Å². The summed E-state index contributed by atoms with van der Waals surface area (Å²) in [5.74, 6) is 0.478. The Bertz CT molecular complexity index is 644. The topological polar surface area (TPSA) is 87.6 Å². The van der Waals surface area contributed by atoms with Crippen molar-refractivity contribution < 1.29 is 14.4 Å². The second-order valence-corrected chi connectivity index (χ2v) is 4.72. The predicted molar refractivity (Wildman–Crippen MR) is 83.2 cm³/mol. The lowest BCUT2D eigenvalue weighted by Crippen LogP contribution is -2.06. The number of rotatable bonds is 7. The largest absolute Gasteiger partial charge is 0.493 e. The van der Waals surface area contributed by atoms with Crippen molar-refractivity contribution in [1.29, 1.82) is 0 Å². The van der Waals surface area contributed by atoms with Gasteiger partial charge in [-0.25, -0.2) is 0 Å². The third kappa shape index (κ3) is 3.73. The monoisotopic (exact) mass is 302 g/mol. The van der Waals surface area contributed by atoms with Gasteiger partial charge in [0.2, 0.25) is 5.75 Å². The summed E-state index contributed by atoms with van der Waals surface area (Å²) in [6.45, 7) is 0.638. The van der Waals surface area contributed by atoms with E-state index in [1.807, 2.05) is 30.3 Å². The number of methoxy groups -OCH3 is 1. The molecule has 0 radical (unpaired) electrons. The van der Waals surface area contributed by atoms with E-state index in [0.29, 0.717) is 18.7 Å². The summed E-state index contributed by atoms with van der Waals surface area (Å²) in [4.78, 5) is 10.8. The third-order valence-electron chi connectivity index (χ3n) is 3.17. The molecule has 6 nitrogen and oxygen atoms in total. The predicted octanol–water partition coefficient (Wildman–Crippen LogP) is 2.68. The van der Waals surface area contributed by atoms with Gasteiger partial charge in [0.05, 0.1) is 12.0 Å². The number of hydrogen-bond acceptors (Lipinski definition) is 5. The lowest BCUT2D eigenvalue weighted by molar-refractivity contribution is -0.386. The number of nitro benzene ring substituents is 1. The third-order valence-corrected chi connectivity index (χ3v) is 3.17. The highest BCUT2D eigenvalue weighted by molar-refractivity contribution is 5.58. The van der Waals surface area contributed by atoms with Crippen LogP contribution in [0.1, 0.15) is 11.1 Å². The normalized spacial score (nSPS) is 10.3. The molecule has 0 bridgehead atoms. The number of nitrogens with zero attached hydrogens (tertiary/aromatic N) is 1. The molecule has 22 heavy (non-hydrogen) atoms. The molecular formula is C16H18N2O4. The van der Waals surface area contributed by atoms with Crippen molar-refractivity contribution in [2.24, 2.45) is 5.73 Å². The molecule has 6 heteroatoms. The Labute approximate surface area is 128 Å². The van der Waals surface area contributed by atoms with Crippen LogP contribution in [0, 0.1) is 10.1 Å². The first kappa shape index (κ1) is 15.8. The van der Waals surface area contributed by atoms with Crippen molar-refractivity contribution in [3.8, 4) is 11.5 Å². The lowest BCUT2D eigenvalue weighted by Gasteiger charge is -2.12. The van der Waals surface area contributed by atoms with E-state index in [1.54, 1.807) is 6.07 Å². The maximum absolute atomic E-state index is 11.3. The molecule has 0 fully saturated rings. The highest BCUT2D eigenvalue weighted by Crippen LogP contribution is 2.38. The van der Waals surface area contributed by atoms with Gasteiger partial charge in [0.25, 0.3) is 0 Å². The van der Waals surface area contributed by atoms with Crippen LogP contribution in [0.4, 0.5) is 5.69 Å². The standard InChI is InChI=1S/C16H18N2O4/c1-21-15-10-13(7-8-17)9-14(18(19)20)16(15)22-11-12-5-3-2-4-6-12/h2-6,9-10H,7-8,11,17H2,1H3. The molecule has 0 aliphatic heterocycles. The number of hydrogen-bond donors (Lipinski definition) is 1. The Hall–Kier alpha value is -2.60. The Morgan fingerprint density at radius 1 is 1.18 bits per heavy atom. The maximum Gasteiger partial charge on any atom is 0.315 e. The molecule has 2 rings (SSSR count). The minimum atomic E-state index is -0.469. The molecule has 0 atom stereocenters. The minimum absolute atomic E-state index is 0.112. The van der Waals surface area contributed by atoms with Crippen LogP contribution in [0.25, 0.3) is 0 Å². The molecule has 0 unspecified atom stereocenters. The van der Waals surface area contributed by atoms with Gasteiger partial charge >= 0.3 is 5.69 Å². The number of nitrogens with two attached hydrogens (primary N) is 1. The van der Waals surface area contributed by atoms with Gasteiger partial charge in [-0.2, -0.15) is 0 Å². The van der Waals surface area contributed by atoms with Crippen LogP contribution in [0.15, 0.2) is 42.5 Å². The van der Waals surface area contributed by atoms with Gasteiger partial charge in [-0.3, -0.25) is 10.1 Å².